The molecule has 1 aromatic carbocycles. The topological polar surface area (TPSA) is 28.2 Å². The third-order valence-electron chi connectivity index (χ3n) is 3.49. The van der Waals surface area contributed by atoms with E-state index in [2.05, 4.69) is 38.9 Å². The van der Waals surface area contributed by atoms with Crippen molar-refractivity contribution in [2.75, 3.05) is 25.0 Å². The Balaban J connectivity index is 1.92. The molecule has 0 saturated carbocycles. The fourth-order valence-corrected chi connectivity index (χ4v) is 3.30. The number of hydrogen-bond acceptors (Lipinski definition) is 4. The minimum absolute atomic E-state index is 0.601. The van der Waals surface area contributed by atoms with E-state index in [-0.39, 0.29) is 0 Å². The summed E-state index contributed by atoms with van der Waals surface area (Å²) in [6.45, 7) is 2.20. The highest BCUT2D eigenvalue weighted by molar-refractivity contribution is 7.13. The number of piperidine rings is 1. The molecule has 1 saturated heterocycles. The van der Waals surface area contributed by atoms with Crippen LogP contribution >= 0.6 is 11.5 Å². The molecule has 3 nitrogen and oxygen atoms in total. The van der Waals surface area contributed by atoms with Crippen molar-refractivity contribution in [1.82, 2.24) is 9.69 Å². The molecule has 1 aromatic heterocycles. The summed E-state index contributed by atoms with van der Waals surface area (Å²) < 4.78 is 5.91. The zero-order valence-corrected chi connectivity index (χ0v) is 10.8. The largest absolute Gasteiger partial charge is 0.354 e. The molecule has 2 heterocycles. The van der Waals surface area contributed by atoms with E-state index in [1.54, 1.807) is 11.5 Å². The van der Waals surface area contributed by atoms with Crippen molar-refractivity contribution in [3.63, 3.8) is 0 Å². The van der Waals surface area contributed by atoms with E-state index in [9.17, 15) is 0 Å². The van der Waals surface area contributed by atoms with Crippen LogP contribution in [0, 0.1) is 0 Å². The molecule has 90 valence electrons. The Bertz CT molecular complexity index is 508. The van der Waals surface area contributed by atoms with Crippen molar-refractivity contribution in [2.45, 2.75) is 18.9 Å². The smallest absolute Gasteiger partial charge is 0.150 e. The monoisotopic (exact) mass is 247 g/mol. The summed E-state index contributed by atoms with van der Waals surface area (Å²) in [5.41, 5.74) is 0. The minimum Gasteiger partial charge on any atom is -0.354 e. The van der Waals surface area contributed by atoms with E-state index >= 15 is 0 Å². The second kappa shape index (κ2) is 4.63. The second-order valence-electron chi connectivity index (χ2n) is 4.58. The van der Waals surface area contributed by atoms with Gasteiger partial charge in [-0.15, -0.1) is 0 Å². The molecule has 0 amide bonds. The van der Waals surface area contributed by atoms with Crippen LogP contribution in [0.2, 0.25) is 0 Å². The Morgan fingerprint density at radius 3 is 3.18 bits per heavy atom. The maximum Gasteiger partial charge on any atom is 0.150 e. The summed E-state index contributed by atoms with van der Waals surface area (Å²) in [5.74, 6) is 1.17. The molecule has 0 aliphatic carbocycles. The Morgan fingerprint density at radius 1 is 1.41 bits per heavy atom. The standard InChI is InChI=1S/C13H17N3S/c1-14-10-5-4-8-16(9-10)13-11-6-2-3-7-12(11)17-15-13/h2-3,6-7,10,14H,4-5,8-9H2,1H3/t10-/m0/s1. The molecule has 2 aromatic rings. The lowest BCUT2D eigenvalue weighted by molar-refractivity contribution is 0.449. The Morgan fingerprint density at radius 2 is 2.29 bits per heavy atom. The van der Waals surface area contributed by atoms with Gasteiger partial charge in [-0.3, -0.25) is 0 Å². The summed E-state index contributed by atoms with van der Waals surface area (Å²) in [6.07, 6.45) is 2.52. The number of anilines is 1. The lowest BCUT2D eigenvalue weighted by Crippen LogP contribution is -2.44. The van der Waals surface area contributed by atoms with Crippen LogP contribution in [-0.2, 0) is 0 Å². The Hall–Kier alpha value is -1.13. The minimum atomic E-state index is 0.601. The van der Waals surface area contributed by atoms with Crippen LogP contribution in [0.15, 0.2) is 24.3 Å². The maximum absolute atomic E-state index is 4.63. The number of hydrogen-bond donors (Lipinski definition) is 1. The predicted octanol–water partition coefficient (Wildman–Crippen LogP) is 2.48. The molecule has 3 rings (SSSR count). The summed E-state index contributed by atoms with van der Waals surface area (Å²) in [5, 5.41) is 4.68. The van der Waals surface area contributed by atoms with E-state index < -0.39 is 0 Å². The number of nitrogens with one attached hydrogen (secondary N) is 1. The van der Waals surface area contributed by atoms with Gasteiger partial charge in [-0.2, -0.15) is 4.37 Å². The fourth-order valence-electron chi connectivity index (χ4n) is 2.51. The molecule has 1 atom stereocenters. The molecule has 1 N–H and O–H groups in total. The van der Waals surface area contributed by atoms with Crippen LogP contribution < -0.4 is 10.2 Å². The molecule has 1 aliphatic heterocycles. The third-order valence-corrected chi connectivity index (χ3v) is 4.30. The summed E-state index contributed by atoms with van der Waals surface area (Å²) in [7, 11) is 2.05. The zero-order chi connectivity index (χ0) is 11.7. The average molecular weight is 247 g/mol. The first-order valence-corrected chi connectivity index (χ1v) is 6.92. The van der Waals surface area contributed by atoms with E-state index in [1.165, 1.54) is 28.7 Å². The van der Waals surface area contributed by atoms with Crippen LogP contribution in [0.1, 0.15) is 12.8 Å². The van der Waals surface area contributed by atoms with Crippen molar-refractivity contribution in [2.24, 2.45) is 0 Å². The van der Waals surface area contributed by atoms with Gasteiger partial charge in [0.15, 0.2) is 0 Å². The van der Waals surface area contributed by atoms with E-state index in [0.29, 0.717) is 6.04 Å². The Kier molecular flexibility index (Phi) is 2.99. The SMILES string of the molecule is CN[C@H]1CCCN(c2nsc3ccccc23)C1. The van der Waals surface area contributed by atoms with Crippen molar-refractivity contribution < 1.29 is 0 Å². The van der Waals surface area contributed by atoms with Gasteiger partial charge in [0.2, 0.25) is 0 Å². The van der Waals surface area contributed by atoms with Crippen LogP contribution in [-0.4, -0.2) is 30.6 Å². The van der Waals surface area contributed by atoms with Gasteiger partial charge in [0.1, 0.15) is 5.82 Å². The quantitative estimate of drug-likeness (QED) is 0.883. The first-order valence-electron chi connectivity index (χ1n) is 6.15. The van der Waals surface area contributed by atoms with Gasteiger partial charge in [0.05, 0.1) is 4.70 Å². The molecule has 1 fully saturated rings. The number of fused-ring (bicyclic) bond motifs is 1. The lowest BCUT2D eigenvalue weighted by atomic mass is 10.1. The molecule has 17 heavy (non-hydrogen) atoms. The summed E-state index contributed by atoms with van der Waals surface area (Å²) in [4.78, 5) is 2.42. The molecule has 0 bridgehead atoms. The highest BCUT2D eigenvalue weighted by Crippen LogP contribution is 2.30. The van der Waals surface area contributed by atoms with Gasteiger partial charge >= 0.3 is 0 Å². The summed E-state index contributed by atoms with van der Waals surface area (Å²) in [6, 6.07) is 9.10. The average Bonchev–Trinajstić information content (AvgIpc) is 2.82. The Labute approximate surface area is 106 Å². The first kappa shape index (κ1) is 11.0. The van der Waals surface area contributed by atoms with E-state index in [0.717, 1.165) is 13.1 Å². The predicted molar refractivity (Wildman–Crippen MR) is 73.9 cm³/mol. The molecular weight excluding hydrogens is 230 g/mol. The van der Waals surface area contributed by atoms with E-state index in [1.807, 2.05) is 7.05 Å². The van der Waals surface area contributed by atoms with Gasteiger partial charge in [0.25, 0.3) is 0 Å². The van der Waals surface area contributed by atoms with Gasteiger partial charge in [-0.05, 0) is 43.6 Å². The van der Waals surface area contributed by atoms with Crippen molar-refractivity contribution in [3.8, 4) is 0 Å². The number of aromatic nitrogens is 1. The van der Waals surface area contributed by atoms with Crippen molar-refractivity contribution in [1.29, 1.82) is 0 Å². The number of rotatable bonds is 2. The molecular formula is C13H17N3S. The maximum atomic E-state index is 4.63. The van der Waals surface area contributed by atoms with Crippen LogP contribution in [0.5, 0.6) is 0 Å². The van der Waals surface area contributed by atoms with Crippen molar-refractivity contribution >= 4 is 27.4 Å². The van der Waals surface area contributed by atoms with Crippen molar-refractivity contribution in [3.05, 3.63) is 24.3 Å². The molecule has 0 unspecified atom stereocenters. The molecule has 4 heteroatoms. The van der Waals surface area contributed by atoms with E-state index in [4.69, 9.17) is 0 Å². The molecule has 0 spiro atoms. The second-order valence-corrected chi connectivity index (χ2v) is 5.38. The number of benzene rings is 1. The zero-order valence-electron chi connectivity index (χ0n) is 10.0. The first-order chi connectivity index (χ1) is 8.38. The van der Waals surface area contributed by atoms with Gasteiger partial charge in [0, 0.05) is 24.5 Å². The van der Waals surface area contributed by atoms with Crippen LogP contribution in [0.25, 0.3) is 10.1 Å². The van der Waals surface area contributed by atoms with Gasteiger partial charge < -0.3 is 10.2 Å². The lowest BCUT2D eigenvalue weighted by Gasteiger charge is -2.32. The molecule has 1 aliphatic rings. The fraction of sp³-hybridized carbons (Fsp3) is 0.462. The normalized spacial score (nSPS) is 21.0. The molecule has 0 radical (unpaired) electrons. The highest BCUT2D eigenvalue weighted by Gasteiger charge is 2.21. The number of nitrogens with zero attached hydrogens (tertiary/aromatic N) is 2. The summed E-state index contributed by atoms with van der Waals surface area (Å²) >= 11 is 1.60. The highest BCUT2D eigenvalue weighted by atomic mass is 32.1. The van der Waals surface area contributed by atoms with Gasteiger partial charge in [-0.1, -0.05) is 12.1 Å². The van der Waals surface area contributed by atoms with Crippen LogP contribution in [0.4, 0.5) is 5.82 Å². The number of likely N-dealkylation sites (N-methyl/N-ethyl adjacent to an activating group) is 1. The van der Waals surface area contributed by atoms with Crippen LogP contribution in [0.3, 0.4) is 0 Å². The van der Waals surface area contributed by atoms with Gasteiger partial charge in [-0.25, -0.2) is 0 Å². The third kappa shape index (κ3) is 2.03.